The molecule has 0 radical (unpaired) electrons. The Morgan fingerprint density at radius 3 is 2.67 bits per heavy atom. The van der Waals surface area contributed by atoms with Crippen LogP contribution in [0.15, 0.2) is 24.3 Å². The highest BCUT2D eigenvalue weighted by molar-refractivity contribution is 6.00. The second-order valence-electron chi connectivity index (χ2n) is 3.19. The van der Waals surface area contributed by atoms with Gasteiger partial charge in [0.25, 0.3) is 11.9 Å². The summed E-state index contributed by atoms with van der Waals surface area (Å²) in [7, 11) is 0. The third-order valence-electron chi connectivity index (χ3n) is 1.98. The standard InChI is InChI=1S/C10H7F2N5O/c11-7-2-1-3-8(12)6(7)4-5-9(18)13-10-14-16-17-15-10/h1-5H,(H2,13,14,15,16,17,18)/b5-4+. The number of halogens is 2. The first-order valence-corrected chi connectivity index (χ1v) is 4.83. The van der Waals surface area contributed by atoms with E-state index in [0.29, 0.717) is 0 Å². The summed E-state index contributed by atoms with van der Waals surface area (Å²) in [4.78, 5) is 11.3. The summed E-state index contributed by atoms with van der Waals surface area (Å²) < 4.78 is 26.4. The summed E-state index contributed by atoms with van der Waals surface area (Å²) in [5.74, 6) is -2.16. The van der Waals surface area contributed by atoms with E-state index in [-0.39, 0.29) is 11.5 Å². The van der Waals surface area contributed by atoms with E-state index in [1.165, 1.54) is 6.07 Å². The Kier molecular flexibility index (Phi) is 3.37. The molecule has 0 fully saturated rings. The summed E-state index contributed by atoms with van der Waals surface area (Å²) in [5, 5.41) is 14.6. The second kappa shape index (κ2) is 5.13. The van der Waals surface area contributed by atoms with Gasteiger partial charge in [-0.15, -0.1) is 5.10 Å². The number of nitrogens with one attached hydrogen (secondary N) is 2. The number of hydrogen-bond donors (Lipinski definition) is 2. The molecule has 0 bridgehead atoms. The Hall–Kier alpha value is -2.64. The Balaban J connectivity index is 2.09. The zero-order chi connectivity index (χ0) is 13.0. The van der Waals surface area contributed by atoms with Crippen LogP contribution in [-0.2, 0) is 4.79 Å². The maximum absolute atomic E-state index is 13.2. The smallest absolute Gasteiger partial charge is 0.270 e. The first kappa shape index (κ1) is 11.8. The van der Waals surface area contributed by atoms with Crippen LogP contribution in [0.2, 0.25) is 0 Å². The predicted octanol–water partition coefficient (Wildman–Crippen LogP) is 1.13. The first-order chi connectivity index (χ1) is 8.66. The molecule has 1 aromatic carbocycles. The summed E-state index contributed by atoms with van der Waals surface area (Å²) in [5.41, 5.74) is -0.291. The molecule has 0 aliphatic carbocycles. The van der Waals surface area contributed by atoms with Gasteiger partial charge in [-0.2, -0.15) is 5.21 Å². The first-order valence-electron chi connectivity index (χ1n) is 4.83. The van der Waals surface area contributed by atoms with Crippen molar-refractivity contribution in [1.82, 2.24) is 20.6 Å². The molecule has 0 atom stereocenters. The van der Waals surface area contributed by atoms with Crippen LogP contribution >= 0.6 is 0 Å². The van der Waals surface area contributed by atoms with Crippen molar-refractivity contribution in [2.75, 3.05) is 5.32 Å². The molecule has 0 saturated heterocycles. The van der Waals surface area contributed by atoms with E-state index in [2.05, 4.69) is 25.9 Å². The van der Waals surface area contributed by atoms with Gasteiger partial charge in [0.1, 0.15) is 11.6 Å². The van der Waals surface area contributed by atoms with Crippen molar-refractivity contribution in [1.29, 1.82) is 0 Å². The number of amides is 1. The van der Waals surface area contributed by atoms with E-state index in [1.807, 2.05) is 0 Å². The van der Waals surface area contributed by atoms with Crippen LogP contribution < -0.4 is 5.32 Å². The van der Waals surface area contributed by atoms with E-state index >= 15 is 0 Å². The lowest BCUT2D eigenvalue weighted by atomic mass is 10.2. The fourth-order valence-electron chi connectivity index (χ4n) is 1.20. The number of rotatable bonds is 3. The molecule has 0 unspecified atom stereocenters. The molecule has 18 heavy (non-hydrogen) atoms. The summed E-state index contributed by atoms with van der Waals surface area (Å²) in [6.45, 7) is 0. The minimum atomic E-state index is -0.751. The van der Waals surface area contributed by atoms with Gasteiger partial charge < -0.3 is 0 Å². The Morgan fingerprint density at radius 1 is 1.33 bits per heavy atom. The maximum Gasteiger partial charge on any atom is 0.270 e. The minimum Gasteiger partial charge on any atom is -0.288 e. The van der Waals surface area contributed by atoms with Crippen molar-refractivity contribution in [2.24, 2.45) is 0 Å². The quantitative estimate of drug-likeness (QED) is 0.801. The van der Waals surface area contributed by atoms with Crippen molar-refractivity contribution < 1.29 is 13.6 Å². The highest BCUT2D eigenvalue weighted by Gasteiger charge is 2.06. The molecule has 1 aromatic heterocycles. The van der Waals surface area contributed by atoms with Gasteiger partial charge in [-0.1, -0.05) is 11.2 Å². The molecule has 1 amide bonds. The molecular formula is C10H7F2N5O. The average Bonchev–Trinajstić information content (AvgIpc) is 2.81. The largest absolute Gasteiger partial charge is 0.288 e. The van der Waals surface area contributed by atoms with Crippen molar-refractivity contribution >= 4 is 17.9 Å². The number of tetrazole rings is 1. The topological polar surface area (TPSA) is 83.6 Å². The molecule has 1 heterocycles. The number of carbonyl (C=O) groups excluding carboxylic acids is 1. The number of aromatic nitrogens is 4. The van der Waals surface area contributed by atoms with Gasteiger partial charge >= 0.3 is 0 Å². The fraction of sp³-hybridized carbons (Fsp3) is 0. The van der Waals surface area contributed by atoms with Crippen molar-refractivity contribution in [3.8, 4) is 0 Å². The third-order valence-corrected chi connectivity index (χ3v) is 1.98. The van der Waals surface area contributed by atoms with E-state index in [0.717, 1.165) is 24.3 Å². The number of H-pyrrole nitrogens is 1. The van der Waals surface area contributed by atoms with Gasteiger partial charge in [-0.25, -0.2) is 8.78 Å². The highest BCUT2D eigenvalue weighted by atomic mass is 19.1. The van der Waals surface area contributed by atoms with E-state index < -0.39 is 17.5 Å². The molecule has 0 aliphatic rings. The Morgan fingerprint density at radius 2 is 2.06 bits per heavy atom. The van der Waals surface area contributed by atoms with E-state index in [4.69, 9.17) is 0 Å². The molecule has 0 aliphatic heterocycles. The molecule has 0 saturated carbocycles. The van der Waals surface area contributed by atoms with Crippen molar-refractivity contribution in [3.63, 3.8) is 0 Å². The van der Waals surface area contributed by atoms with Gasteiger partial charge in [-0.05, 0) is 23.4 Å². The predicted molar refractivity (Wildman–Crippen MR) is 58.2 cm³/mol. The van der Waals surface area contributed by atoms with Crippen LogP contribution in [0.4, 0.5) is 14.7 Å². The number of aromatic amines is 1. The summed E-state index contributed by atoms with van der Waals surface area (Å²) >= 11 is 0. The number of anilines is 1. The number of benzene rings is 1. The van der Waals surface area contributed by atoms with Gasteiger partial charge in [0.05, 0.1) is 0 Å². The molecule has 8 heteroatoms. The zero-order valence-electron chi connectivity index (χ0n) is 8.89. The third kappa shape index (κ3) is 2.73. The normalized spacial score (nSPS) is 10.8. The van der Waals surface area contributed by atoms with E-state index in [9.17, 15) is 13.6 Å². The maximum atomic E-state index is 13.2. The number of hydrogen-bond acceptors (Lipinski definition) is 4. The molecule has 92 valence electrons. The molecule has 2 rings (SSSR count). The van der Waals surface area contributed by atoms with Crippen LogP contribution in [0, 0.1) is 11.6 Å². The Bertz CT molecular complexity index is 562. The van der Waals surface area contributed by atoms with Crippen molar-refractivity contribution in [3.05, 3.63) is 41.5 Å². The van der Waals surface area contributed by atoms with Crippen LogP contribution in [0.5, 0.6) is 0 Å². The number of nitrogens with zero attached hydrogens (tertiary/aromatic N) is 3. The van der Waals surface area contributed by atoms with Gasteiger partial charge in [0, 0.05) is 11.6 Å². The molecule has 2 aromatic rings. The fourth-order valence-corrected chi connectivity index (χ4v) is 1.20. The van der Waals surface area contributed by atoms with Gasteiger partial charge in [0.15, 0.2) is 0 Å². The zero-order valence-corrected chi connectivity index (χ0v) is 8.89. The van der Waals surface area contributed by atoms with Crippen LogP contribution in [-0.4, -0.2) is 26.5 Å². The molecule has 2 N–H and O–H groups in total. The highest BCUT2D eigenvalue weighted by Crippen LogP contribution is 2.13. The Labute approximate surface area is 99.7 Å². The monoisotopic (exact) mass is 251 g/mol. The average molecular weight is 251 g/mol. The molecular weight excluding hydrogens is 244 g/mol. The minimum absolute atomic E-state index is 0.0290. The van der Waals surface area contributed by atoms with Crippen LogP contribution in [0.3, 0.4) is 0 Å². The lowest BCUT2D eigenvalue weighted by Gasteiger charge is -1.98. The number of carbonyl (C=O) groups is 1. The van der Waals surface area contributed by atoms with E-state index in [1.54, 1.807) is 0 Å². The summed E-state index contributed by atoms with van der Waals surface area (Å²) in [6.07, 6.45) is 2.00. The van der Waals surface area contributed by atoms with Crippen LogP contribution in [0.25, 0.3) is 6.08 Å². The SMILES string of the molecule is O=C(/C=C/c1c(F)cccc1F)Nc1nn[nH]n1. The van der Waals surface area contributed by atoms with Crippen molar-refractivity contribution in [2.45, 2.75) is 0 Å². The lowest BCUT2D eigenvalue weighted by molar-refractivity contribution is -0.111. The van der Waals surface area contributed by atoms with Gasteiger partial charge in [0.2, 0.25) is 0 Å². The molecule has 6 nitrogen and oxygen atoms in total. The second-order valence-corrected chi connectivity index (χ2v) is 3.19. The van der Waals surface area contributed by atoms with Gasteiger partial charge in [-0.3, -0.25) is 10.1 Å². The summed E-state index contributed by atoms with van der Waals surface area (Å²) in [6, 6.07) is 3.43. The molecule has 0 spiro atoms. The van der Waals surface area contributed by atoms with Crippen LogP contribution in [0.1, 0.15) is 5.56 Å². The lowest BCUT2D eigenvalue weighted by Crippen LogP contribution is -2.09.